The van der Waals surface area contributed by atoms with Crippen molar-refractivity contribution < 1.29 is 9.53 Å². The Morgan fingerprint density at radius 3 is 2.84 bits per heavy atom. The summed E-state index contributed by atoms with van der Waals surface area (Å²) in [6, 6.07) is 9.46. The van der Waals surface area contributed by atoms with Gasteiger partial charge in [-0.25, -0.2) is 9.36 Å². The topological polar surface area (TPSA) is 91.0 Å². The average molecular weight is 360 g/mol. The zero-order valence-electron chi connectivity index (χ0n) is 13.2. The van der Waals surface area contributed by atoms with Crippen molar-refractivity contribution in [1.29, 1.82) is 0 Å². The SMILES string of the molecule is COc1ccc(NC(=O)Cn2nc(-n3cccn3)ccc2=O)cc1Cl. The Kier molecular flexibility index (Phi) is 4.80. The van der Waals surface area contributed by atoms with Crippen LogP contribution in [0.1, 0.15) is 0 Å². The Labute approximate surface area is 147 Å². The second-order valence-corrected chi connectivity index (χ2v) is 5.44. The molecule has 3 rings (SSSR count). The number of hydrogen-bond donors (Lipinski definition) is 1. The van der Waals surface area contributed by atoms with Crippen molar-refractivity contribution in [3.63, 3.8) is 0 Å². The third kappa shape index (κ3) is 3.86. The molecule has 1 aromatic carbocycles. The minimum absolute atomic E-state index is 0.239. The Morgan fingerprint density at radius 2 is 2.16 bits per heavy atom. The van der Waals surface area contributed by atoms with Crippen LogP contribution < -0.4 is 15.6 Å². The fraction of sp³-hybridized carbons (Fsp3) is 0.125. The molecule has 8 nitrogen and oxygen atoms in total. The van der Waals surface area contributed by atoms with Gasteiger partial charge in [-0.15, -0.1) is 5.10 Å². The minimum atomic E-state index is -0.409. The molecule has 0 fully saturated rings. The van der Waals surface area contributed by atoms with Crippen LogP contribution in [0, 0.1) is 0 Å². The quantitative estimate of drug-likeness (QED) is 0.749. The minimum Gasteiger partial charge on any atom is -0.495 e. The molecule has 0 radical (unpaired) electrons. The van der Waals surface area contributed by atoms with E-state index in [0.717, 1.165) is 4.68 Å². The van der Waals surface area contributed by atoms with E-state index < -0.39 is 5.91 Å². The van der Waals surface area contributed by atoms with Crippen molar-refractivity contribution in [2.24, 2.45) is 0 Å². The van der Waals surface area contributed by atoms with E-state index in [2.05, 4.69) is 15.5 Å². The van der Waals surface area contributed by atoms with Crippen LogP contribution in [0.3, 0.4) is 0 Å². The first-order valence-electron chi connectivity index (χ1n) is 7.28. The average Bonchev–Trinajstić information content (AvgIpc) is 3.11. The van der Waals surface area contributed by atoms with E-state index in [9.17, 15) is 9.59 Å². The van der Waals surface area contributed by atoms with Crippen LogP contribution in [-0.4, -0.2) is 32.6 Å². The van der Waals surface area contributed by atoms with Crippen LogP contribution in [0.15, 0.2) is 53.6 Å². The van der Waals surface area contributed by atoms with Crippen LogP contribution in [0.2, 0.25) is 5.02 Å². The molecule has 0 saturated carbocycles. The molecule has 0 aliphatic carbocycles. The van der Waals surface area contributed by atoms with Gasteiger partial charge in [0.1, 0.15) is 12.3 Å². The van der Waals surface area contributed by atoms with E-state index in [4.69, 9.17) is 16.3 Å². The molecule has 128 valence electrons. The van der Waals surface area contributed by atoms with Gasteiger partial charge in [0.15, 0.2) is 5.82 Å². The first kappa shape index (κ1) is 16.7. The number of carbonyl (C=O) groups is 1. The second-order valence-electron chi connectivity index (χ2n) is 5.04. The molecule has 2 heterocycles. The molecular weight excluding hydrogens is 346 g/mol. The number of amides is 1. The summed E-state index contributed by atoms with van der Waals surface area (Å²) in [5.41, 5.74) is 0.103. The van der Waals surface area contributed by atoms with Gasteiger partial charge in [-0.2, -0.15) is 5.10 Å². The number of benzene rings is 1. The molecule has 1 N–H and O–H groups in total. The van der Waals surface area contributed by atoms with E-state index in [1.54, 1.807) is 36.7 Å². The highest BCUT2D eigenvalue weighted by molar-refractivity contribution is 6.32. The summed E-state index contributed by atoms with van der Waals surface area (Å²) in [5.74, 6) is 0.530. The highest BCUT2D eigenvalue weighted by atomic mass is 35.5. The van der Waals surface area contributed by atoms with Gasteiger partial charge in [0.05, 0.1) is 12.1 Å². The van der Waals surface area contributed by atoms with Crippen LogP contribution in [0.4, 0.5) is 5.69 Å². The number of nitrogens with one attached hydrogen (secondary N) is 1. The highest BCUT2D eigenvalue weighted by Gasteiger charge is 2.10. The maximum atomic E-state index is 12.2. The Hall–Kier alpha value is -3.13. The zero-order chi connectivity index (χ0) is 17.8. The van der Waals surface area contributed by atoms with Gasteiger partial charge >= 0.3 is 0 Å². The third-order valence-electron chi connectivity index (χ3n) is 3.32. The van der Waals surface area contributed by atoms with Crippen LogP contribution in [-0.2, 0) is 11.3 Å². The van der Waals surface area contributed by atoms with E-state index in [1.807, 2.05) is 0 Å². The fourth-order valence-corrected chi connectivity index (χ4v) is 2.42. The van der Waals surface area contributed by atoms with E-state index in [1.165, 1.54) is 23.9 Å². The fourth-order valence-electron chi connectivity index (χ4n) is 2.16. The number of hydrogen-bond acceptors (Lipinski definition) is 5. The molecule has 3 aromatic rings. The van der Waals surface area contributed by atoms with Crippen molar-refractivity contribution in [2.75, 3.05) is 12.4 Å². The van der Waals surface area contributed by atoms with Crippen molar-refractivity contribution in [1.82, 2.24) is 19.6 Å². The molecule has 25 heavy (non-hydrogen) atoms. The Bertz CT molecular complexity index is 953. The molecule has 9 heteroatoms. The van der Waals surface area contributed by atoms with Gasteiger partial charge in [0, 0.05) is 24.1 Å². The molecule has 0 bridgehead atoms. The predicted molar refractivity (Wildman–Crippen MR) is 92.3 cm³/mol. The van der Waals surface area contributed by atoms with Crippen molar-refractivity contribution in [3.8, 4) is 11.6 Å². The van der Waals surface area contributed by atoms with Crippen LogP contribution in [0.25, 0.3) is 5.82 Å². The van der Waals surface area contributed by atoms with Gasteiger partial charge in [-0.05, 0) is 30.3 Å². The van der Waals surface area contributed by atoms with Gasteiger partial charge in [0.2, 0.25) is 5.91 Å². The maximum absolute atomic E-state index is 12.2. The van der Waals surface area contributed by atoms with E-state index in [-0.39, 0.29) is 12.1 Å². The highest BCUT2D eigenvalue weighted by Crippen LogP contribution is 2.27. The number of aromatic nitrogens is 4. The Balaban J connectivity index is 1.76. The number of anilines is 1. The lowest BCUT2D eigenvalue weighted by Gasteiger charge is -2.09. The zero-order valence-corrected chi connectivity index (χ0v) is 14.0. The Morgan fingerprint density at radius 1 is 1.32 bits per heavy atom. The molecular formula is C16H14ClN5O3. The largest absolute Gasteiger partial charge is 0.495 e. The molecule has 0 aliphatic heterocycles. The normalized spacial score (nSPS) is 10.5. The van der Waals surface area contributed by atoms with Crippen LogP contribution >= 0.6 is 11.6 Å². The predicted octanol–water partition coefficient (Wildman–Crippen LogP) is 1.73. The molecule has 1 amide bonds. The van der Waals surface area contributed by atoms with Gasteiger partial charge < -0.3 is 10.1 Å². The number of ether oxygens (including phenoxy) is 1. The summed E-state index contributed by atoms with van der Waals surface area (Å²) in [6.07, 6.45) is 3.29. The van der Waals surface area contributed by atoms with Crippen molar-refractivity contribution in [2.45, 2.75) is 6.54 Å². The molecule has 0 unspecified atom stereocenters. The lowest BCUT2D eigenvalue weighted by Crippen LogP contribution is -2.30. The molecule has 0 spiro atoms. The number of halogens is 1. The molecule has 0 aliphatic rings. The van der Waals surface area contributed by atoms with E-state index >= 15 is 0 Å². The number of carbonyl (C=O) groups excluding carboxylic acids is 1. The van der Waals surface area contributed by atoms with Crippen molar-refractivity contribution in [3.05, 3.63) is 64.2 Å². The molecule has 2 aromatic heterocycles. The van der Waals surface area contributed by atoms with Crippen molar-refractivity contribution >= 4 is 23.2 Å². The lowest BCUT2D eigenvalue weighted by molar-refractivity contribution is -0.117. The summed E-state index contributed by atoms with van der Waals surface area (Å²) in [6.45, 7) is -0.239. The van der Waals surface area contributed by atoms with Gasteiger partial charge in [0.25, 0.3) is 5.56 Å². The first-order valence-corrected chi connectivity index (χ1v) is 7.66. The van der Waals surface area contributed by atoms with Crippen LogP contribution in [0.5, 0.6) is 5.75 Å². The first-order chi connectivity index (χ1) is 12.1. The standard InChI is InChI=1S/C16H14ClN5O3/c1-25-13-4-3-11(9-12(13)17)19-15(23)10-22-16(24)6-5-14(20-22)21-8-2-7-18-21/h2-9H,10H2,1H3,(H,19,23). The van der Waals surface area contributed by atoms with Gasteiger partial charge in [-0.3, -0.25) is 9.59 Å². The molecule has 0 atom stereocenters. The summed E-state index contributed by atoms with van der Waals surface area (Å²) >= 11 is 6.02. The smallest absolute Gasteiger partial charge is 0.267 e. The molecule has 0 saturated heterocycles. The lowest BCUT2D eigenvalue weighted by atomic mass is 10.3. The number of rotatable bonds is 5. The monoisotopic (exact) mass is 359 g/mol. The number of nitrogens with zero attached hydrogens (tertiary/aromatic N) is 4. The summed E-state index contributed by atoms with van der Waals surface area (Å²) in [5, 5.41) is 11.2. The maximum Gasteiger partial charge on any atom is 0.267 e. The summed E-state index contributed by atoms with van der Waals surface area (Å²) in [7, 11) is 1.50. The van der Waals surface area contributed by atoms with E-state index in [0.29, 0.717) is 22.3 Å². The number of methoxy groups -OCH3 is 1. The second kappa shape index (κ2) is 7.18. The third-order valence-corrected chi connectivity index (χ3v) is 3.62. The summed E-state index contributed by atoms with van der Waals surface area (Å²) < 4.78 is 7.62. The summed E-state index contributed by atoms with van der Waals surface area (Å²) in [4.78, 5) is 24.1. The van der Waals surface area contributed by atoms with Gasteiger partial charge in [-0.1, -0.05) is 11.6 Å².